The lowest BCUT2D eigenvalue weighted by molar-refractivity contribution is -0.152. The number of aryl methyl sites for hydroxylation is 1. The van der Waals surface area contributed by atoms with Crippen molar-refractivity contribution < 1.29 is 37.1 Å². The van der Waals surface area contributed by atoms with Crippen molar-refractivity contribution in [1.29, 1.82) is 0 Å². The van der Waals surface area contributed by atoms with Crippen molar-refractivity contribution >= 4 is 23.6 Å². The molecule has 2 heterocycles. The number of hydrogen-bond donors (Lipinski definition) is 1. The Balaban J connectivity index is 1.58. The fourth-order valence-electron chi connectivity index (χ4n) is 6.30. The highest BCUT2D eigenvalue weighted by Gasteiger charge is 2.40. The van der Waals surface area contributed by atoms with E-state index in [1.54, 1.807) is 47.4 Å². The Bertz CT molecular complexity index is 1630. The van der Waals surface area contributed by atoms with Crippen LogP contribution < -0.4 is 10.1 Å². The van der Waals surface area contributed by atoms with E-state index in [1.807, 2.05) is 41.7 Å². The smallest absolute Gasteiger partial charge is 0.405 e. The van der Waals surface area contributed by atoms with Gasteiger partial charge in [-0.3, -0.25) is 19.2 Å². The first-order chi connectivity index (χ1) is 22.9. The Kier molecular flexibility index (Phi) is 10.7. The minimum absolute atomic E-state index is 0.114. The predicted octanol–water partition coefficient (Wildman–Crippen LogP) is 4.53. The van der Waals surface area contributed by atoms with E-state index in [4.69, 9.17) is 4.74 Å². The third kappa shape index (κ3) is 8.53. The molecule has 254 valence electrons. The van der Waals surface area contributed by atoms with E-state index in [1.165, 1.54) is 19.0 Å². The van der Waals surface area contributed by atoms with Gasteiger partial charge in [-0.2, -0.15) is 13.2 Å². The second kappa shape index (κ2) is 14.9. The molecule has 1 saturated heterocycles. The SMILES string of the molecule is CN1C(=O)[C@H](CCc2ccccc2)N(C)C(=O)[C@@H](N2CCCC2=O)Cc2cccc(c2)Oc2cccc(c2)C[C@H]1C(=O)NCC(F)(F)F. The molecule has 3 aromatic rings. The van der Waals surface area contributed by atoms with Crippen molar-refractivity contribution in [3.63, 3.8) is 0 Å². The topological polar surface area (TPSA) is 99.3 Å². The number of nitrogens with one attached hydrogen (secondary N) is 1. The van der Waals surface area contributed by atoms with E-state index in [2.05, 4.69) is 0 Å². The van der Waals surface area contributed by atoms with Crippen LogP contribution >= 0.6 is 0 Å². The number of likely N-dealkylation sites (N-methyl/N-ethyl adjacent to an activating group) is 2. The Morgan fingerprint density at radius 1 is 0.854 bits per heavy atom. The fraction of sp³-hybridized carbons (Fsp3) is 0.389. The zero-order valence-electron chi connectivity index (χ0n) is 26.9. The molecular weight excluding hydrogens is 625 g/mol. The Morgan fingerprint density at radius 2 is 1.50 bits per heavy atom. The lowest BCUT2D eigenvalue weighted by Crippen LogP contribution is -2.58. The number of benzene rings is 3. The molecule has 2 aliphatic rings. The monoisotopic (exact) mass is 664 g/mol. The number of ether oxygens (including phenoxy) is 1. The van der Waals surface area contributed by atoms with Gasteiger partial charge in [-0.05, 0) is 60.2 Å². The molecule has 0 aromatic heterocycles. The molecule has 2 aliphatic heterocycles. The van der Waals surface area contributed by atoms with E-state index in [9.17, 15) is 32.3 Å². The van der Waals surface area contributed by atoms with Crippen molar-refractivity contribution in [2.45, 2.75) is 62.8 Å². The molecule has 0 unspecified atom stereocenters. The van der Waals surface area contributed by atoms with Gasteiger partial charge in [0.15, 0.2) is 0 Å². The van der Waals surface area contributed by atoms with E-state index in [0.29, 0.717) is 42.9 Å². The molecule has 0 spiro atoms. The van der Waals surface area contributed by atoms with Crippen LogP contribution in [0.25, 0.3) is 0 Å². The van der Waals surface area contributed by atoms with Crippen molar-refractivity contribution in [3.05, 3.63) is 95.6 Å². The Hall–Kier alpha value is -4.87. The van der Waals surface area contributed by atoms with E-state index in [0.717, 1.165) is 16.0 Å². The average molecular weight is 665 g/mol. The third-order valence-corrected chi connectivity index (χ3v) is 8.89. The second-order valence-corrected chi connectivity index (χ2v) is 12.3. The van der Waals surface area contributed by atoms with E-state index >= 15 is 0 Å². The van der Waals surface area contributed by atoms with Crippen LogP contribution in [-0.2, 0) is 38.4 Å². The van der Waals surface area contributed by atoms with Crippen LogP contribution in [0, 0.1) is 0 Å². The molecule has 0 saturated carbocycles. The molecule has 1 fully saturated rings. The minimum atomic E-state index is -4.66. The highest BCUT2D eigenvalue weighted by Crippen LogP contribution is 2.28. The molecule has 3 aromatic carbocycles. The number of nitrogens with zero attached hydrogens (tertiary/aromatic N) is 3. The van der Waals surface area contributed by atoms with E-state index in [-0.39, 0.29) is 25.2 Å². The van der Waals surface area contributed by atoms with Gasteiger partial charge in [0.05, 0.1) is 0 Å². The second-order valence-electron chi connectivity index (χ2n) is 12.3. The maximum atomic E-state index is 14.4. The number of fused-ring (bicyclic) bond motifs is 4. The summed E-state index contributed by atoms with van der Waals surface area (Å²) in [5, 5.41) is 1.94. The van der Waals surface area contributed by atoms with Gasteiger partial charge in [0.1, 0.15) is 36.2 Å². The molecule has 5 rings (SSSR count). The van der Waals surface area contributed by atoms with Gasteiger partial charge in [0.2, 0.25) is 23.6 Å². The van der Waals surface area contributed by atoms with Gasteiger partial charge in [-0.15, -0.1) is 0 Å². The molecule has 9 nitrogen and oxygen atoms in total. The number of halogens is 3. The number of alkyl halides is 3. The van der Waals surface area contributed by atoms with Gasteiger partial charge in [-0.25, -0.2) is 0 Å². The van der Waals surface area contributed by atoms with Gasteiger partial charge < -0.3 is 24.8 Å². The predicted molar refractivity (Wildman–Crippen MR) is 172 cm³/mol. The normalized spacial score (nSPS) is 20.9. The third-order valence-electron chi connectivity index (χ3n) is 8.89. The number of carbonyl (C=O) groups is 4. The van der Waals surface area contributed by atoms with Crippen molar-refractivity contribution in [3.8, 4) is 11.5 Å². The lowest BCUT2D eigenvalue weighted by Gasteiger charge is -2.37. The first-order valence-corrected chi connectivity index (χ1v) is 16.0. The summed E-state index contributed by atoms with van der Waals surface area (Å²) in [5.41, 5.74) is 2.23. The first-order valence-electron chi connectivity index (χ1n) is 16.0. The number of amides is 4. The van der Waals surface area contributed by atoms with Gasteiger partial charge >= 0.3 is 6.18 Å². The van der Waals surface area contributed by atoms with Gasteiger partial charge in [0.25, 0.3) is 0 Å². The quantitative estimate of drug-likeness (QED) is 0.418. The fourth-order valence-corrected chi connectivity index (χ4v) is 6.30. The summed E-state index contributed by atoms with van der Waals surface area (Å²) < 4.78 is 45.6. The summed E-state index contributed by atoms with van der Waals surface area (Å²) in [6.45, 7) is -1.18. The lowest BCUT2D eigenvalue weighted by atomic mass is 9.98. The average Bonchev–Trinajstić information content (AvgIpc) is 3.49. The summed E-state index contributed by atoms with van der Waals surface area (Å²) in [5.74, 6) is -1.31. The summed E-state index contributed by atoms with van der Waals surface area (Å²) in [7, 11) is 2.87. The van der Waals surface area contributed by atoms with Crippen LogP contribution in [0.15, 0.2) is 78.9 Å². The molecule has 4 amide bonds. The van der Waals surface area contributed by atoms with Crippen LogP contribution in [0.5, 0.6) is 11.5 Å². The molecule has 12 heteroatoms. The molecule has 0 radical (unpaired) electrons. The standard InChI is InChI=1S/C36H39F3N4O5/c1-41-29(17-16-24-9-4-3-5-10-24)34(46)42(2)30(33(45)40-23-36(37,38)39)21-25-11-6-13-27(19-25)48-28-14-7-12-26(20-28)22-31(35(41)47)43-18-8-15-32(43)44/h3-7,9-14,19-20,29-31H,8,15-18,21-23H2,1-2H3,(H,40,45)/t29-,30-,31-/m0/s1. The van der Waals surface area contributed by atoms with E-state index < -0.39 is 48.6 Å². The Labute approximate surface area is 277 Å². The maximum Gasteiger partial charge on any atom is 0.405 e. The minimum Gasteiger partial charge on any atom is -0.457 e. The number of carbonyl (C=O) groups excluding carboxylic acids is 4. The molecule has 3 atom stereocenters. The van der Waals surface area contributed by atoms with Crippen LogP contribution in [0.2, 0.25) is 0 Å². The highest BCUT2D eigenvalue weighted by atomic mass is 19.4. The molecule has 0 aliphatic carbocycles. The Morgan fingerprint density at radius 3 is 2.10 bits per heavy atom. The molecule has 4 bridgehead atoms. The summed E-state index contributed by atoms with van der Waals surface area (Å²) in [4.78, 5) is 59.2. The zero-order chi connectivity index (χ0) is 34.4. The van der Waals surface area contributed by atoms with Crippen LogP contribution in [0.4, 0.5) is 13.2 Å². The summed E-state index contributed by atoms with van der Waals surface area (Å²) in [6, 6.07) is 20.0. The van der Waals surface area contributed by atoms with Crippen molar-refractivity contribution in [2.24, 2.45) is 0 Å². The molecular formula is C36H39F3N4O5. The number of likely N-dealkylation sites (tertiary alicyclic amines) is 1. The van der Waals surface area contributed by atoms with Crippen molar-refractivity contribution in [2.75, 3.05) is 27.2 Å². The highest BCUT2D eigenvalue weighted by molar-refractivity contribution is 5.94. The number of hydrogen-bond acceptors (Lipinski definition) is 5. The zero-order valence-corrected chi connectivity index (χ0v) is 26.9. The van der Waals surface area contributed by atoms with Crippen LogP contribution in [-0.4, -0.2) is 89.8 Å². The van der Waals surface area contributed by atoms with Gasteiger partial charge in [0, 0.05) is 39.9 Å². The first kappa shape index (κ1) is 34.5. The summed E-state index contributed by atoms with van der Waals surface area (Å²) in [6.07, 6.45) is -3.12. The number of rotatable bonds is 6. The van der Waals surface area contributed by atoms with Crippen LogP contribution in [0.1, 0.15) is 36.0 Å². The molecule has 1 N–H and O–H groups in total. The largest absolute Gasteiger partial charge is 0.457 e. The molecule has 48 heavy (non-hydrogen) atoms. The van der Waals surface area contributed by atoms with Crippen molar-refractivity contribution in [1.82, 2.24) is 20.0 Å². The van der Waals surface area contributed by atoms with Crippen LogP contribution in [0.3, 0.4) is 0 Å². The summed E-state index contributed by atoms with van der Waals surface area (Å²) >= 11 is 0. The maximum absolute atomic E-state index is 14.4. The van der Waals surface area contributed by atoms with Gasteiger partial charge in [-0.1, -0.05) is 54.6 Å².